The molecule has 0 saturated heterocycles. The molecule has 9 heteroatoms. The van der Waals surface area contributed by atoms with Crippen LogP contribution in [0.2, 0.25) is 0 Å². The fourth-order valence-corrected chi connectivity index (χ4v) is 4.51. The number of carbonyl (C=O) groups excluding carboxylic acids is 1. The lowest BCUT2D eigenvalue weighted by molar-refractivity contribution is -0.114. The van der Waals surface area contributed by atoms with Crippen molar-refractivity contribution in [3.63, 3.8) is 0 Å². The van der Waals surface area contributed by atoms with E-state index in [1.165, 1.54) is 66.4 Å². The van der Waals surface area contributed by atoms with E-state index in [2.05, 4.69) is 5.32 Å². The monoisotopic (exact) mass is 448 g/mol. The Morgan fingerprint density at radius 1 is 0.967 bits per heavy atom. The Balaban J connectivity index is 1.93. The highest BCUT2D eigenvalue weighted by molar-refractivity contribution is 7.98. The Morgan fingerprint density at radius 3 is 2.23 bits per heavy atom. The topological polar surface area (TPSA) is 66.5 Å². The number of halogens is 2. The molecule has 0 aromatic heterocycles. The number of sulfonamides is 1. The Morgan fingerprint density at radius 2 is 1.63 bits per heavy atom. The number of rotatable bonds is 7. The van der Waals surface area contributed by atoms with Gasteiger partial charge in [-0.2, -0.15) is 0 Å². The zero-order valence-corrected chi connectivity index (χ0v) is 17.5. The van der Waals surface area contributed by atoms with Gasteiger partial charge in [0.05, 0.1) is 10.6 Å². The Hall–Kier alpha value is -2.91. The molecule has 0 bridgehead atoms. The second-order valence-corrected chi connectivity index (χ2v) is 8.96. The third-order valence-corrected chi connectivity index (χ3v) is 6.69. The first-order valence-corrected chi connectivity index (χ1v) is 11.4. The lowest BCUT2D eigenvalue weighted by atomic mass is 10.3. The maximum atomic E-state index is 13.8. The minimum Gasteiger partial charge on any atom is -0.325 e. The van der Waals surface area contributed by atoms with Crippen molar-refractivity contribution in [2.45, 2.75) is 9.79 Å². The summed E-state index contributed by atoms with van der Waals surface area (Å²) in [6, 6.07) is 16.2. The van der Waals surface area contributed by atoms with Crippen LogP contribution in [-0.2, 0) is 14.8 Å². The summed E-state index contributed by atoms with van der Waals surface area (Å²) in [5, 5.41) is 2.52. The molecule has 0 heterocycles. The van der Waals surface area contributed by atoms with Crippen molar-refractivity contribution in [3.05, 3.63) is 84.4 Å². The molecule has 1 N–H and O–H groups in total. The van der Waals surface area contributed by atoms with E-state index in [9.17, 15) is 22.0 Å². The number of thioether (sulfide) groups is 1. The fourth-order valence-electron chi connectivity index (χ4n) is 2.69. The van der Waals surface area contributed by atoms with E-state index in [1.807, 2.05) is 6.26 Å². The van der Waals surface area contributed by atoms with Crippen LogP contribution < -0.4 is 9.62 Å². The van der Waals surface area contributed by atoms with Crippen LogP contribution in [-0.4, -0.2) is 27.1 Å². The van der Waals surface area contributed by atoms with Crippen molar-refractivity contribution in [1.82, 2.24) is 0 Å². The summed E-state index contributed by atoms with van der Waals surface area (Å²) < 4.78 is 54.2. The van der Waals surface area contributed by atoms with Gasteiger partial charge in [-0.15, -0.1) is 11.8 Å². The molecule has 0 aliphatic heterocycles. The highest BCUT2D eigenvalue weighted by atomic mass is 32.2. The third kappa shape index (κ3) is 5.17. The molecule has 30 heavy (non-hydrogen) atoms. The molecule has 0 saturated carbocycles. The number of anilines is 2. The molecule has 0 spiro atoms. The minimum absolute atomic E-state index is 0.0122. The lowest BCUT2D eigenvalue weighted by Gasteiger charge is -2.24. The third-order valence-electron chi connectivity index (χ3n) is 4.16. The van der Waals surface area contributed by atoms with Crippen molar-refractivity contribution in [2.24, 2.45) is 0 Å². The highest BCUT2D eigenvalue weighted by Gasteiger charge is 2.27. The van der Waals surface area contributed by atoms with Crippen LogP contribution in [0.15, 0.2) is 82.6 Å². The van der Waals surface area contributed by atoms with Crippen LogP contribution in [0, 0.1) is 11.6 Å². The number of hydrogen-bond donors (Lipinski definition) is 1. The Bertz CT molecular complexity index is 1140. The van der Waals surface area contributed by atoms with Gasteiger partial charge >= 0.3 is 0 Å². The number of amides is 1. The number of carbonyl (C=O) groups is 1. The summed E-state index contributed by atoms with van der Waals surface area (Å²) in [4.78, 5) is 13.4. The first-order chi connectivity index (χ1) is 14.3. The summed E-state index contributed by atoms with van der Waals surface area (Å²) >= 11 is 1.46. The predicted octanol–water partition coefficient (Wildman–Crippen LogP) is 4.52. The van der Waals surface area contributed by atoms with Crippen molar-refractivity contribution in [3.8, 4) is 0 Å². The van der Waals surface area contributed by atoms with Gasteiger partial charge in [-0.3, -0.25) is 9.10 Å². The molecule has 0 radical (unpaired) electrons. The molecule has 156 valence electrons. The minimum atomic E-state index is -4.15. The summed E-state index contributed by atoms with van der Waals surface area (Å²) in [6.07, 6.45) is 1.86. The molecule has 0 aliphatic carbocycles. The van der Waals surface area contributed by atoms with Gasteiger partial charge in [-0.05, 0) is 73.0 Å². The first kappa shape index (κ1) is 21.8. The summed E-state index contributed by atoms with van der Waals surface area (Å²) in [5.41, 5.74) is 0.320. The average Bonchev–Trinajstić information content (AvgIpc) is 2.73. The van der Waals surface area contributed by atoms with E-state index >= 15 is 0 Å². The van der Waals surface area contributed by atoms with E-state index in [1.54, 1.807) is 12.1 Å². The summed E-state index contributed by atoms with van der Waals surface area (Å²) in [7, 11) is -4.15. The lowest BCUT2D eigenvalue weighted by Crippen LogP contribution is -2.38. The summed E-state index contributed by atoms with van der Waals surface area (Å²) in [6.45, 7) is -0.590. The molecular weight excluding hydrogens is 430 g/mol. The maximum absolute atomic E-state index is 13.8. The van der Waals surface area contributed by atoms with E-state index in [-0.39, 0.29) is 10.6 Å². The maximum Gasteiger partial charge on any atom is 0.264 e. The summed E-state index contributed by atoms with van der Waals surface area (Å²) in [5.74, 6) is -1.76. The van der Waals surface area contributed by atoms with Gasteiger partial charge in [0.25, 0.3) is 10.0 Å². The van der Waals surface area contributed by atoms with Gasteiger partial charge < -0.3 is 5.32 Å². The van der Waals surface area contributed by atoms with Gasteiger partial charge in [0.1, 0.15) is 18.2 Å². The van der Waals surface area contributed by atoms with Gasteiger partial charge in [0, 0.05) is 10.6 Å². The zero-order chi connectivity index (χ0) is 21.7. The SMILES string of the molecule is CSc1ccc(S(=O)(=O)N(CC(=O)Nc2ccc(F)cc2)c2cccc(F)c2)cc1. The van der Waals surface area contributed by atoms with Crippen LogP contribution in [0.1, 0.15) is 0 Å². The first-order valence-electron chi connectivity index (χ1n) is 8.77. The molecule has 0 aliphatic rings. The van der Waals surface area contributed by atoms with Crippen LogP contribution in [0.3, 0.4) is 0 Å². The molecule has 0 atom stereocenters. The molecular formula is C21H18F2N2O3S2. The molecule has 3 rings (SSSR count). The molecule has 0 fully saturated rings. The molecule has 3 aromatic rings. The molecule has 1 amide bonds. The molecule has 0 unspecified atom stereocenters. The smallest absolute Gasteiger partial charge is 0.264 e. The van der Waals surface area contributed by atoms with Crippen molar-refractivity contribution in [1.29, 1.82) is 0 Å². The largest absolute Gasteiger partial charge is 0.325 e. The van der Waals surface area contributed by atoms with Crippen LogP contribution >= 0.6 is 11.8 Å². The van der Waals surface area contributed by atoms with E-state index < -0.39 is 34.1 Å². The van der Waals surface area contributed by atoms with Crippen LogP contribution in [0.25, 0.3) is 0 Å². The Labute approximate surface area is 177 Å². The van der Waals surface area contributed by atoms with Crippen molar-refractivity contribution in [2.75, 3.05) is 22.4 Å². The van der Waals surface area contributed by atoms with Crippen LogP contribution in [0.5, 0.6) is 0 Å². The van der Waals surface area contributed by atoms with Gasteiger partial charge in [-0.25, -0.2) is 17.2 Å². The Kier molecular flexibility index (Phi) is 6.73. The average molecular weight is 449 g/mol. The van der Waals surface area contributed by atoms with E-state index in [0.717, 1.165) is 15.3 Å². The van der Waals surface area contributed by atoms with Crippen molar-refractivity contribution < 1.29 is 22.0 Å². The number of benzene rings is 3. The van der Waals surface area contributed by atoms with E-state index in [4.69, 9.17) is 0 Å². The molecule has 5 nitrogen and oxygen atoms in total. The number of nitrogens with zero attached hydrogens (tertiary/aromatic N) is 1. The number of nitrogens with one attached hydrogen (secondary N) is 1. The normalized spacial score (nSPS) is 11.2. The fraction of sp³-hybridized carbons (Fsp3) is 0.0952. The van der Waals surface area contributed by atoms with Gasteiger partial charge in [-0.1, -0.05) is 6.07 Å². The second kappa shape index (κ2) is 9.27. The zero-order valence-electron chi connectivity index (χ0n) is 15.9. The van der Waals surface area contributed by atoms with E-state index in [0.29, 0.717) is 5.69 Å². The predicted molar refractivity (Wildman–Crippen MR) is 114 cm³/mol. The van der Waals surface area contributed by atoms with Gasteiger partial charge in [0.2, 0.25) is 5.91 Å². The molecule has 3 aromatic carbocycles. The number of hydrogen-bond acceptors (Lipinski definition) is 4. The highest BCUT2D eigenvalue weighted by Crippen LogP contribution is 2.26. The second-order valence-electron chi connectivity index (χ2n) is 6.22. The van der Waals surface area contributed by atoms with Crippen LogP contribution in [0.4, 0.5) is 20.2 Å². The van der Waals surface area contributed by atoms with Crippen molar-refractivity contribution >= 4 is 39.1 Å². The quantitative estimate of drug-likeness (QED) is 0.540. The standard InChI is InChI=1S/C21H18F2N2O3S2/c1-29-19-9-11-20(12-10-19)30(27,28)25(18-4-2-3-16(23)13-18)14-21(26)24-17-7-5-15(22)6-8-17/h2-13H,14H2,1H3,(H,24,26). The van der Waals surface area contributed by atoms with Gasteiger partial charge in [0.15, 0.2) is 0 Å².